The predicted octanol–water partition coefficient (Wildman–Crippen LogP) is 5.49. The van der Waals surface area contributed by atoms with Crippen LogP contribution in [0, 0.1) is 5.41 Å². The lowest BCUT2D eigenvalue weighted by atomic mass is 9.79. The van der Waals surface area contributed by atoms with Crippen LogP contribution in [-0.4, -0.2) is 36.3 Å². The van der Waals surface area contributed by atoms with Crippen molar-refractivity contribution in [1.29, 1.82) is 0 Å². The van der Waals surface area contributed by atoms with Crippen LogP contribution in [-0.2, 0) is 20.9 Å². The molecule has 0 saturated heterocycles. The van der Waals surface area contributed by atoms with Gasteiger partial charge in [-0.25, -0.2) is 9.59 Å². The van der Waals surface area contributed by atoms with Gasteiger partial charge in [0.1, 0.15) is 18.2 Å². The molecule has 0 aromatic heterocycles. The molecule has 0 spiro atoms. The van der Waals surface area contributed by atoms with Crippen molar-refractivity contribution in [1.82, 2.24) is 16.0 Å². The van der Waals surface area contributed by atoms with Crippen LogP contribution in [0.2, 0.25) is 0 Å². The van der Waals surface area contributed by atoms with E-state index in [1.54, 1.807) is 20.8 Å². The molecule has 2 atom stereocenters. The number of benzene rings is 2. The molecule has 3 amide bonds. The van der Waals surface area contributed by atoms with E-state index in [4.69, 9.17) is 9.47 Å². The van der Waals surface area contributed by atoms with Gasteiger partial charge in [-0.3, -0.25) is 4.79 Å². The molecular weight excluding hydrogens is 470 g/mol. The highest BCUT2D eigenvalue weighted by Crippen LogP contribution is 2.28. The lowest BCUT2D eigenvalue weighted by Crippen LogP contribution is -2.55. The fraction of sp³-hybridized carbons (Fsp3) is 0.483. The minimum atomic E-state index is -0.858. The lowest BCUT2D eigenvalue weighted by Gasteiger charge is -2.34. The fourth-order valence-corrected chi connectivity index (χ4v) is 3.81. The summed E-state index contributed by atoms with van der Waals surface area (Å²) < 4.78 is 10.7. The molecule has 0 aliphatic carbocycles. The van der Waals surface area contributed by atoms with E-state index < -0.39 is 29.2 Å². The second kappa shape index (κ2) is 13.7. The Morgan fingerprint density at radius 2 is 1.43 bits per heavy atom. The number of nitrogens with one attached hydrogen (secondary N) is 3. The highest BCUT2D eigenvalue weighted by atomic mass is 16.6. The van der Waals surface area contributed by atoms with Gasteiger partial charge in [0.2, 0.25) is 5.91 Å². The summed E-state index contributed by atoms with van der Waals surface area (Å²) in [6.45, 7) is 11.6. The average molecular weight is 512 g/mol. The normalized spacial score (nSPS) is 13.1. The number of carbonyl (C=O) groups excluding carboxylic acids is 3. The molecule has 8 nitrogen and oxygen atoms in total. The molecule has 0 saturated carbocycles. The Labute approximate surface area is 220 Å². The Balaban J connectivity index is 2.04. The highest BCUT2D eigenvalue weighted by Gasteiger charge is 2.37. The number of alkyl carbamates (subject to hydrolysis) is 2. The minimum absolute atomic E-state index is 0.0989. The summed E-state index contributed by atoms with van der Waals surface area (Å²) in [5.41, 5.74) is 0.595. The molecular formula is C29H41N3O5. The molecule has 0 aliphatic heterocycles. The average Bonchev–Trinajstić information content (AvgIpc) is 2.84. The Morgan fingerprint density at radius 3 is 2.03 bits per heavy atom. The largest absolute Gasteiger partial charge is 0.445 e. The Morgan fingerprint density at radius 1 is 0.838 bits per heavy atom. The first-order chi connectivity index (χ1) is 17.4. The van der Waals surface area contributed by atoms with Gasteiger partial charge in [0.15, 0.2) is 0 Å². The first kappa shape index (κ1) is 29.7. The minimum Gasteiger partial charge on any atom is -0.445 e. The topological polar surface area (TPSA) is 106 Å². The molecule has 0 radical (unpaired) electrons. The van der Waals surface area contributed by atoms with E-state index in [1.807, 2.05) is 81.4 Å². The number of rotatable bonds is 11. The summed E-state index contributed by atoms with van der Waals surface area (Å²) in [5.74, 6) is -0.307. The molecule has 2 rings (SSSR count). The van der Waals surface area contributed by atoms with E-state index in [0.717, 1.165) is 11.1 Å². The van der Waals surface area contributed by atoms with Crippen molar-refractivity contribution in [3.05, 3.63) is 71.8 Å². The molecule has 0 fully saturated rings. The van der Waals surface area contributed by atoms with Gasteiger partial charge in [-0.2, -0.15) is 0 Å². The second-order valence-electron chi connectivity index (χ2n) is 10.8. The molecule has 202 valence electrons. The zero-order valence-electron chi connectivity index (χ0n) is 22.8. The highest BCUT2D eigenvalue weighted by molar-refractivity contribution is 5.86. The molecule has 8 heteroatoms. The van der Waals surface area contributed by atoms with Crippen LogP contribution in [0.1, 0.15) is 71.6 Å². The van der Waals surface area contributed by atoms with Crippen LogP contribution in [0.15, 0.2) is 60.7 Å². The number of hydrogen-bond acceptors (Lipinski definition) is 5. The molecule has 0 aliphatic rings. The van der Waals surface area contributed by atoms with E-state index >= 15 is 0 Å². The van der Waals surface area contributed by atoms with Crippen LogP contribution in [0.3, 0.4) is 0 Å². The summed E-state index contributed by atoms with van der Waals surface area (Å²) in [6, 6.07) is 17.9. The monoisotopic (exact) mass is 511 g/mol. The maximum Gasteiger partial charge on any atom is 0.408 e. The molecule has 0 unspecified atom stereocenters. The van der Waals surface area contributed by atoms with Crippen LogP contribution < -0.4 is 16.0 Å². The third-order valence-electron chi connectivity index (χ3n) is 5.84. The molecule has 2 aromatic rings. The molecule has 2 aromatic carbocycles. The summed E-state index contributed by atoms with van der Waals surface area (Å²) in [6.07, 6.45) is -0.0138. The zero-order chi connectivity index (χ0) is 27.5. The van der Waals surface area contributed by atoms with Crippen LogP contribution in [0.25, 0.3) is 0 Å². The SMILES string of the molecule is C[C@@H](NC(=O)[C@H](NC(=O)OCc1ccccc1)C(C)(C)CCCNC(=O)OC(C)(C)C)c1ccccc1. The van der Waals surface area contributed by atoms with Crippen LogP contribution >= 0.6 is 0 Å². The van der Waals surface area contributed by atoms with Gasteiger partial charge in [0.25, 0.3) is 0 Å². The van der Waals surface area contributed by atoms with E-state index in [0.29, 0.717) is 19.4 Å². The lowest BCUT2D eigenvalue weighted by molar-refractivity contribution is -0.126. The molecule has 0 bridgehead atoms. The number of amides is 3. The molecule has 3 N–H and O–H groups in total. The van der Waals surface area contributed by atoms with Crippen molar-refractivity contribution in [2.24, 2.45) is 5.41 Å². The van der Waals surface area contributed by atoms with Crippen molar-refractivity contribution in [3.63, 3.8) is 0 Å². The first-order valence-electron chi connectivity index (χ1n) is 12.7. The van der Waals surface area contributed by atoms with Crippen molar-refractivity contribution in [2.75, 3.05) is 6.54 Å². The van der Waals surface area contributed by atoms with E-state index in [9.17, 15) is 14.4 Å². The molecule has 0 heterocycles. The van der Waals surface area contributed by atoms with Crippen molar-refractivity contribution >= 4 is 18.1 Å². The second-order valence-corrected chi connectivity index (χ2v) is 10.8. The van der Waals surface area contributed by atoms with Crippen molar-refractivity contribution in [2.45, 2.75) is 78.7 Å². The zero-order valence-corrected chi connectivity index (χ0v) is 22.8. The summed E-state index contributed by atoms with van der Waals surface area (Å²) >= 11 is 0. The van der Waals surface area contributed by atoms with E-state index in [1.165, 1.54) is 0 Å². The van der Waals surface area contributed by atoms with Crippen LogP contribution in [0.5, 0.6) is 0 Å². The number of carbonyl (C=O) groups is 3. The van der Waals surface area contributed by atoms with Gasteiger partial charge in [0, 0.05) is 6.54 Å². The van der Waals surface area contributed by atoms with Gasteiger partial charge in [-0.15, -0.1) is 0 Å². The maximum atomic E-state index is 13.4. The van der Waals surface area contributed by atoms with Gasteiger partial charge < -0.3 is 25.4 Å². The van der Waals surface area contributed by atoms with E-state index in [-0.39, 0.29) is 18.6 Å². The van der Waals surface area contributed by atoms with Crippen molar-refractivity contribution < 1.29 is 23.9 Å². The number of ether oxygens (including phenoxy) is 2. The van der Waals surface area contributed by atoms with E-state index in [2.05, 4.69) is 16.0 Å². The smallest absolute Gasteiger partial charge is 0.408 e. The van der Waals surface area contributed by atoms with Crippen LogP contribution in [0.4, 0.5) is 9.59 Å². The Hall–Kier alpha value is -3.55. The molecule has 37 heavy (non-hydrogen) atoms. The number of hydrogen-bond donors (Lipinski definition) is 3. The summed E-state index contributed by atoms with van der Waals surface area (Å²) in [5, 5.41) is 8.54. The summed E-state index contributed by atoms with van der Waals surface area (Å²) in [4.78, 5) is 38.1. The standard InChI is InChI=1S/C29H41N3O5/c1-21(23-16-11-8-12-17-23)31-25(33)24(32-27(35)36-20-22-14-9-7-10-15-22)29(5,6)18-13-19-30-26(34)37-28(2,3)4/h7-12,14-17,21,24H,13,18-20H2,1-6H3,(H,30,34)(H,31,33)(H,32,35)/t21-,24+/m1/s1. The third kappa shape index (κ3) is 10.9. The third-order valence-corrected chi connectivity index (χ3v) is 5.84. The van der Waals surface area contributed by atoms with Gasteiger partial charge in [-0.05, 0) is 57.1 Å². The van der Waals surface area contributed by atoms with Gasteiger partial charge >= 0.3 is 12.2 Å². The fourth-order valence-electron chi connectivity index (χ4n) is 3.81. The maximum absolute atomic E-state index is 13.4. The van der Waals surface area contributed by atoms with Gasteiger partial charge in [0.05, 0.1) is 6.04 Å². The predicted molar refractivity (Wildman–Crippen MR) is 144 cm³/mol. The quantitative estimate of drug-likeness (QED) is 0.346. The Kier molecular flexibility index (Phi) is 11.0. The van der Waals surface area contributed by atoms with Crippen molar-refractivity contribution in [3.8, 4) is 0 Å². The first-order valence-corrected chi connectivity index (χ1v) is 12.7. The van der Waals surface area contributed by atoms with Gasteiger partial charge in [-0.1, -0.05) is 74.5 Å². The summed E-state index contributed by atoms with van der Waals surface area (Å²) in [7, 11) is 0. The Bertz CT molecular complexity index is 1000.